The fraction of sp³-hybridized carbons (Fsp3) is 0.0625. The van der Waals surface area contributed by atoms with Gasteiger partial charge in [0.05, 0.1) is 15.7 Å². The van der Waals surface area contributed by atoms with E-state index in [2.05, 4.69) is 15.6 Å². The number of benzene rings is 1. The molecule has 0 spiro atoms. The summed E-state index contributed by atoms with van der Waals surface area (Å²) in [4.78, 5) is 16.1. The fourth-order valence-electron chi connectivity index (χ4n) is 1.71. The van der Waals surface area contributed by atoms with Gasteiger partial charge in [-0.1, -0.05) is 35.3 Å². The second-order valence-electron chi connectivity index (χ2n) is 4.47. The molecule has 0 aliphatic rings. The van der Waals surface area contributed by atoms with E-state index in [9.17, 15) is 4.79 Å². The molecule has 116 valence electrons. The van der Waals surface area contributed by atoms with Crippen LogP contribution in [0, 0.1) is 11.3 Å². The molecule has 1 amide bonds. The molecule has 1 heterocycles. The van der Waals surface area contributed by atoms with Crippen molar-refractivity contribution in [1.29, 1.82) is 5.26 Å². The summed E-state index contributed by atoms with van der Waals surface area (Å²) in [5.41, 5.74) is 1.20. The van der Waals surface area contributed by atoms with E-state index in [1.165, 1.54) is 6.20 Å². The number of halogens is 2. The molecule has 0 aliphatic heterocycles. The van der Waals surface area contributed by atoms with Gasteiger partial charge >= 0.3 is 0 Å². The van der Waals surface area contributed by atoms with Crippen LogP contribution < -0.4 is 10.6 Å². The number of nitriles is 1. The number of rotatable bonds is 5. The average molecular weight is 347 g/mol. The fourth-order valence-corrected chi connectivity index (χ4v) is 2.06. The van der Waals surface area contributed by atoms with Gasteiger partial charge in [-0.15, -0.1) is 0 Å². The molecule has 23 heavy (non-hydrogen) atoms. The van der Waals surface area contributed by atoms with E-state index in [1.807, 2.05) is 12.1 Å². The second-order valence-corrected chi connectivity index (χ2v) is 5.25. The number of nitrogens with zero attached hydrogens (tertiary/aromatic N) is 2. The van der Waals surface area contributed by atoms with Gasteiger partial charge in [0, 0.05) is 25.1 Å². The lowest BCUT2D eigenvalue weighted by molar-refractivity contribution is -0.112. The van der Waals surface area contributed by atoms with Gasteiger partial charge in [-0.05, 0) is 23.8 Å². The lowest BCUT2D eigenvalue weighted by atomic mass is 10.2. The number of anilines is 1. The van der Waals surface area contributed by atoms with Crippen LogP contribution in [0.3, 0.4) is 0 Å². The Hall–Kier alpha value is -2.55. The van der Waals surface area contributed by atoms with Crippen molar-refractivity contribution < 1.29 is 4.79 Å². The van der Waals surface area contributed by atoms with Crippen molar-refractivity contribution in [1.82, 2.24) is 10.3 Å². The van der Waals surface area contributed by atoms with Crippen molar-refractivity contribution in [3.63, 3.8) is 0 Å². The van der Waals surface area contributed by atoms with E-state index in [-0.39, 0.29) is 10.6 Å². The minimum atomic E-state index is -0.574. The molecule has 0 saturated heterocycles. The van der Waals surface area contributed by atoms with E-state index in [4.69, 9.17) is 28.5 Å². The number of aromatic nitrogens is 1. The highest BCUT2D eigenvalue weighted by atomic mass is 35.5. The van der Waals surface area contributed by atoms with Crippen molar-refractivity contribution in [3.8, 4) is 6.07 Å². The van der Waals surface area contributed by atoms with Gasteiger partial charge in [0.15, 0.2) is 0 Å². The molecule has 2 aromatic rings. The molecule has 1 aromatic carbocycles. The van der Waals surface area contributed by atoms with Gasteiger partial charge in [0.2, 0.25) is 0 Å². The summed E-state index contributed by atoms with van der Waals surface area (Å²) < 4.78 is 0. The smallest absolute Gasteiger partial charge is 0.267 e. The van der Waals surface area contributed by atoms with Crippen LogP contribution in [-0.2, 0) is 11.3 Å². The second kappa shape index (κ2) is 8.18. The maximum atomic E-state index is 12.1. The molecule has 0 radical (unpaired) electrons. The molecule has 1 aromatic heterocycles. The minimum absolute atomic E-state index is 0.0788. The Morgan fingerprint density at radius 2 is 2.13 bits per heavy atom. The van der Waals surface area contributed by atoms with Crippen molar-refractivity contribution in [2.45, 2.75) is 6.54 Å². The average Bonchev–Trinajstić information content (AvgIpc) is 2.56. The normalized spacial score (nSPS) is 10.7. The predicted octanol–water partition coefficient (Wildman–Crippen LogP) is 3.52. The molecular weight excluding hydrogens is 335 g/mol. The Morgan fingerprint density at radius 1 is 1.30 bits per heavy atom. The zero-order valence-electron chi connectivity index (χ0n) is 11.9. The number of pyridine rings is 1. The summed E-state index contributed by atoms with van der Waals surface area (Å²) in [6.45, 7) is 0.449. The van der Waals surface area contributed by atoms with Crippen LogP contribution in [0.5, 0.6) is 0 Å². The van der Waals surface area contributed by atoms with E-state index in [0.29, 0.717) is 17.3 Å². The third kappa shape index (κ3) is 4.71. The molecule has 2 N–H and O–H groups in total. The van der Waals surface area contributed by atoms with Crippen LogP contribution in [0.25, 0.3) is 0 Å². The van der Waals surface area contributed by atoms with Crippen molar-refractivity contribution in [2.24, 2.45) is 0 Å². The SMILES string of the molecule is N#C/C(=C/NCc1cccnc1)C(=O)Nc1cccc(Cl)c1Cl. The molecule has 0 unspecified atom stereocenters. The zero-order chi connectivity index (χ0) is 16.7. The monoisotopic (exact) mass is 346 g/mol. The van der Waals surface area contributed by atoms with Gasteiger partial charge in [0.1, 0.15) is 11.6 Å². The number of nitrogens with one attached hydrogen (secondary N) is 2. The van der Waals surface area contributed by atoms with Crippen LogP contribution >= 0.6 is 23.2 Å². The van der Waals surface area contributed by atoms with Crippen LogP contribution in [0.4, 0.5) is 5.69 Å². The summed E-state index contributed by atoms with van der Waals surface area (Å²) in [7, 11) is 0. The highest BCUT2D eigenvalue weighted by Gasteiger charge is 2.12. The summed E-state index contributed by atoms with van der Waals surface area (Å²) in [6, 6.07) is 10.4. The minimum Gasteiger partial charge on any atom is -0.386 e. The first-order chi connectivity index (χ1) is 11.1. The van der Waals surface area contributed by atoms with E-state index < -0.39 is 5.91 Å². The van der Waals surface area contributed by atoms with Crippen LogP contribution in [-0.4, -0.2) is 10.9 Å². The summed E-state index contributed by atoms with van der Waals surface area (Å²) in [5, 5.41) is 15.1. The molecule has 5 nitrogen and oxygen atoms in total. The van der Waals surface area contributed by atoms with Gasteiger partial charge in [-0.2, -0.15) is 5.26 Å². The van der Waals surface area contributed by atoms with Crippen molar-refractivity contribution in [3.05, 3.63) is 70.1 Å². The van der Waals surface area contributed by atoms with Gasteiger partial charge in [-0.3, -0.25) is 9.78 Å². The number of amides is 1. The number of carbonyl (C=O) groups is 1. The number of carbonyl (C=O) groups excluding carboxylic acids is 1. The van der Waals surface area contributed by atoms with Gasteiger partial charge in [0.25, 0.3) is 5.91 Å². The maximum absolute atomic E-state index is 12.1. The first-order valence-electron chi connectivity index (χ1n) is 6.59. The Bertz CT molecular complexity index is 769. The van der Waals surface area contributed by atoms with Gasteiger partial charge in [-0.25, -0.2) is 0 Å². The summed E-state index contributed by atoms with van der Waals surface area (Å²) in [5.74, 6) is -0.574. The van der Waals surface area contributed by atoms with Crippen LogP contribution in [0.2, 0.25) is 10.0 Å². The van der Waals surface area contributed by atoms with Crippen LogP contribution in [0.1, 0.15) is 5.56 Å². The first kappa shape index (κ1) is 16.8. The van der Waals surface area contributed by atoms with E-state index in [1.54, 1.807) is 36.7 Å². The molecule has 0 atom stereocenters. The number of hydrogen-bond donors (Lipinski definition) is 2. The predicted molar refractivity (Wildman–Crippen MR) is 89.9 cm³/mol. The highest BCUT2D eigenvalue weighted by Crippen LogP contribution is 2.29. The molecule has 7 heteroatoms. The molecule has 0 aliphatic carbocycles. The lowest BCUT2D eigenvalue weighted by Gasteiger charge is -2.08. The zero-order valence-corrected chi connectivity index (χ0v) is 13.4. The highest BCUT2D eigenvalue weighted by molar-refractivity contribution is 6.44. The Labute approximate surface area is 143 Å². The summed E-state index contributed by atoms with van der Waals surface area (Å²) in [6.07, 6.45) is 4.71. The molecule has 0 fully saturated rings. The third-order valence-corrected chi connectivity index (χ3v) is 3.66. The quantitative estimate of drug-likeness (QED) is 0.641. The standard InChI is InChI=1S/C16H12Cl2N4O/c17-13-4-1-5-14(15(13)18)22-16(23)12(7-19)10-21-9-11-3-2-6-20-8-11/h1-6,8,10,21H,9H2,(H,22,23)/b12-10-. The molecular formula is C16H12Cl2N4O. The molecule has 2 rings (SSSR count). The maximum Gasteiger partial charge on any atom is 0.267 e. The van der Waals surface area contributed by atoms with E-state index >= 15 is 0 Å². The summed E-state index contributed by atoms with van der Waals surface area (Å²) >= 11 is 11.9. The molecule has 0 bridgehead atoms. The van der Waals surface area contributed by atoms with E-state index in [0.717, 1.165) is 5.56 Å². The Kier molecular flexibility index (Phi) is 5.98. The lowest BCUT2D eigenvalue weighted by Crippen LogP contribution is -2.17. The third-order valence-electron chi connectivity index (χ3n) is 2.84. The number of hydrogen-bond acceptors (Lipinski definition) is 4. The first-order valence-corrected chi connectivity index (χ1v) is 7.35. The van der Waals surface area contributed by atoms with Crippen molar-refractivity contribution in [2.75, 3.05) is 5.32 Å². The Morgan fingerprint density at radius 3 is 2.83 bits per heavy atom. The Balaban J connectivity index is 2.02. The van der Waals surface area contributed by atoms with Crippen LogP contribution in [0.15, 0.2) is 54.5 Å². The molecule has 0 saturated carbocycles. The largest absolute Gasteiger partial charge is 0.386 e. The topological polar surface area (TPSA) is 77.8 Å². The van der Waals surface area contributed by atoms with Crippen molar-refractivity contribution >= 4 is 34.8 Å². The van der Waals surface area contributed by atoms with Gasteiger partial charge < -0.3 is 10.6 Å².